The summed E-state index contributed by atoms with van der Waals surface area (Å²) in [6.07, 6.45) is 5.53. The molecule has 0 spiro atoms. The lowest BCUT2D eigenvalue weighted by atomic mass is 9.95. The van der Waals surface area contributed by atoms with E-state index < -0.39 is 5.97 Å². The van der Waals surface area contributed by atoms with Crippen LogP contribution in [0.15, 0.2) is 18.2 Å². The Labute approximate surface area is 124 Å². The van der Waals surface area contributed by atoms with Gasteiger partial charge in [-0.3, -0.25) is 4.79 Å². The molecule has 0 bridgehead atoms. The Bertz CT molecular complexity index is 522. The molecule has 2 rings (SSSR count). The fourth-order valence-corrected chi connectivity index (χ4v) is 2.58. The molecule has 1 saturated carbocycles. The maximum Gasteiger partial charge on any atom is 0.340 e. The van der Waals surface area contributed by atoms with Crippen LogP contribution in [-0.2, 0) is 9.53 Å². The standard InChI is InChI=1S/C16H22N2O3/c1-11-6-5-9-13(15(11)17)16(20)21-10-14(19)18-12-7-3-2-4-8-12/h5-6,9,12H,2-4,7-8,10,17H2,1H3,(H,18,19). The highest BCUT2D eigenvalue weighted by atomic mass is 16.5. The molecule has 1 aromatic carbocycles. The highest BCUT2D eigenvalue weighted by Crippen LogP contribution is 2.18. The molecule has 0 aliphatic heterocycles. The molecule has 5 heteroatoms. The molecule has 1 amide bonds. The fourth-order valence-electron chi connectivity index (χ4n) is 2.58. The monoisotopic (exact) mass is 290 g/mol. The summed E-state index contributed by atoms with van der Waals surface area (Å²) < 4.78 is 5.04. The molecule has 3 N–H and O–H groups in total. The molecule has 0 heterocycles. The van der Waals surface area contributed by atoms with Gasteiger partial charge in [-0.05, 0) is 31.4 Å². The Hall–Kier alpha value is -2.04. The lowest BCUT2D eigenvalue weighted by Gasteiger charge is -2.22. The lowest BCUT2D eigenvalue weighted by Crippen LogP contribution is -2.38. The van der Waals surface area contributed by atoms with Gasteiger partial charge in [-0.1, -0.05) is 31.4 Å². The van der Waals surface area contributed by atoms with Crippen molar-refractivity contribution < 1.29 is 14.3 Å². The van der Waals surface area contributed by atoms with Crippen molar-refractivity contribution in [2.45, 2.75) is 45.1 Å². The van der Waals surface area contributed by atoms with E-state index in [1.807, 2.05) is 13.0 Å². The molecule has 0 saturated heterocycles. The van der Waals surface area contributed by atoms with Gasteiger partial charge in [0.1, 0.15) is 0 Å². The van der Waals surface area contributed by atoms with Crippen LogP contribution in [0.5, 0.6) is 0 Å². The molecule has 0 radical (unpaired) electrons. The smallest absolute Gasteiger partial charge is 0.340 e. The first-order valence-corrected chi connectivity index (χ1v) is 7.39. The number of rotatable bonds is 4. The second-order valence-corrected chi connectivity index (χ2v) is 5.51. The molecule has 5 nitrogen and oxygen atoms in total. The number of aryl methyl sites for hydroxylation is 1. The number of anilines is 1. The topological polar surface area (TPSA) is 81.4 Å². The van der Waals surface area contributed by atoms with E-state index in [0.29, 0.717) is 11.3 Å². The molecule has 21 heavy (non-hydrogen) atoms. The minimum atomic E-state index is -0.560. The summed E-state index contributed by atoms with van der Waals surface area (Å²) in [7, 11) is 0. The van der Waals surface area contributed by atoms with Gasteiger partial charge in [-0.2, -0.15) is 0 Å². The van der Waals surface area contributed by atoms with Crippen LogP contribution in [0.25, 0.3) is 0 Å². The van der Waals surface area contributed by atoms with E-state index in [4.69, 9.17) is 10.5 Å². The molecule has 114 valence electrons. The highest BCUT2D eigenvalue weighted by molar-refractivity contribution is 5.96. The Balaban J connectivity index is 1.83. The van der Waals surface area contributed by atoms with Crippen LogP contribution in [0, 0.1) is 6.92 Å². The van der Waals surface area contributed by atoms with E-state index in [2.05, 4.69) is 5.32 Å². The van der Waals surface area contributed by atoms with Crippen molar-refractivity contribution in [2.75, 3.05) is 12.3 Å². The highest BCUT2D eigenvalue weighted by Gasteiger charge is 2.18. The van der Waals surface area contributed by atoms with Gasteiger partial charge in [-0.15, -0.1) is 0 Å². The number of carbonyl (C=O) groups is 2. The molecule has 1 aromatic rings. The van der Waals surface area contributed by atoms with Gasteiger partial charge in [0, 0.05) is 11.7 Å². The van der Waals surface area contributed by atoms with E-state index in [1.165, 1.54) is 6.42 Å². The fraction of sp³-hybridized carbons (Fsp3) is 0.500. The summed E-state index contributed by atoms with van der Waals surface area (Å²) in [6, 6.07) is 5.38. The van der Waals surface area contributed by atoms with Crippen molar-refractivity contribution in [3.8, 4) is 0 Å². The van der Waals surface area contributed by atoms with Crippen molar-refractivity contribution in [1.82, 2.24) is 5.32 Å². The third-order valence-electron chi connectivity index (χ3n) is 3.85. The number of esters is 1. The number of hydrogen-bond acceptors (Lipinski definition) is 4. The maximum atomic E-state index is 11.9. The van der Waals surface area contributed by atoms with Crippen molar-refractivity contribution in [1.29, 1.82) is 0 Å². The van der Waals surface area contributed by atoms with Crippen molar-refractivity contribution >= 4 is 17.6 Å². The zero-order chi connectivity index (χ0) is 15.2. The van der Waals surface area contributed by atoms with Gasteiger partial charge < -0.3 is 15.8 Å². The minimum absolute atomic E-state index is 0.217. The largest absolute Gasteiger partial charge is 0.452 e. The van der Waals surface area contributed by atoms with Gasteiger partial charge >= 0.3 is 5.97 Å². The van der Waals surface area contributed by atoms with E-state index >= 15 is 0 Å². The Morgan fingerprint density at radius 2 is 2.00 bits per heavy atom. The number of nitrogens with two attached hydrogens (primary N) is 1. The SMILES string of the molecule is Cc1cccc(C(=O)OCC(=O)NC2CCCCC2)c1N. The minimum Gasteiger partial charge on any atom is -0.452 e. The summed E-state index contributed by atoms with van der Waals surface area (Å²) >= 11 is 0. The molecular formula is C16H22N2O3. The van der Waals surface area contributed by atoms with Gasteiger partial charge in [0.15, 0.2) is 6.61 Å². The first-order valence-electron chi connectivity index (χ1n) is 7.39. The number of nitrogen functional groups attached to an aromatic ring is 1. The number of hydrogen-bond donors (Lipinski definition) is 2. The third-order valence-corrected chi connectivity index (χ3v) is 3.85. The number of benzene rings is 1. The first-order chi connectivity index (χ1) is 10.1. The number of carbonyl (C=O) groups excluding carboxylic acids is 2. The van der Waals surface area contributed by atoms with E-state index in [-0.39, 0.29) is 18.6 Å². The Morgan fingerprint density at radius 3 is 2.71 bits per heavy atom. The molecule has 1 aliphatic rings. The average molecular weight is 290 g/mol. The summed E-state index contributed by atoms with van der Waals surface area (Å²) in [5, 5.41) is 2.90. The molecule has 0 aromatic heterocycles. The van der Waals surface area contributed by atoms with Crippen molar-refractivity contribution in [3.05, 3.63) is 29.3 Å². The molecule has 1 aliphatic carbocycles. The molecule has 0 unspecified atom stereocenters. The van der Waals surface area contributed by atoms with Crippen LogP contribution in [-0.4, -0.2) is 24.5 Å². The average Bonchev–Trinajstić information content (AvgIpc) is 2.48. The molecule has 1 fully saturated rings. The summed E-state index contributed by atoms with van der Waals surface area (Å²) in [6.45, 7) is 1.56. The Kier molecular flexibility index (Phi) is 5.20. The lowest BCUT2D eigenvalue weighted by molar-refractivity contribution is -0.125. The van der Waals surface area contributed by atoms with Crippen LogP contribution in [0.4, 0.5) is 5.69 Å². The molecule has 0 atom stereocenters. The van der Waals surface area contributed by atoms with E-state index in [0.717, 1.165) is 31.2 Å². The van der Waals surface area contributed by atoms with Gasteiger partial charge in [-0.25, -0.2) is 4.79 Å². The number of amides is 1. The van der Waals surface area contributed by atoms with Gasteiger partial charge in [0.05, 0.1) is 5.56 Å². The van der Waals surface area contributed by atoms with Gasteiger partial charge in [0.25, 0.3) is 5.91 Å². The second-order valence-electron chi connectivity index (χ2n) is 5.51. The van der Waals surface area contributed by atoms with Gasteiger partial charge in [0.2, 0.25) is 0 Å². The summed E-state index contributed by atoms with van der Waals surface area (Å²) in [5.74, 6) is -0.809. The van der Waals surface area contributed by atoms with Crippen LogP contribution >= 0.6 is 0 Å². The van der Waals surface area contributed by atoms with E-state index in [9.17, 15) is 9.59 Å². The normalized spacial score (nSPS) is 15.5. The Morgan fingerprint density at radius 1 is 1.29 bits per heavy atom. The van der Waals surface area contributed by atoms with Crippen LogP contribution < -0.4 is 11.1 Å². The maximum absolute atomic E-state index is 11.9. The van der Waals surface area contributed by atoms with Crippen LogP contribution in [0.1, 0.15) is 48.0 Å². The third kappa shape index (κ3) is 4.21. The van der Waals surface area contributed by atoms with Crippen LogP contribution in [0.2, 0.25) is 0 Å². The van der Waals surface area contributed by atoms with Crippen molar-refractivity contribution in [3.63, 3.8) is 0 Å². The molecular weight excluding hydrogens is 268 g/mol. The summed E-state index contributed by atoms with van der Waals surface area (Å²) in [4.78, 5) is 23.7. The number of ether oxygens (including phenoxy) is 1. The predicted molar refractivity (Wildman–Crippen MR) is 80.9 cm³/mol. The predicted octanol–water partition coefficient (Wildman–Crippen LogP) is 2.18. The zero-order valence-corrected chi connectivity index (χ0v) is 12.4. The quantitative estimate of drug-likeness (QED) is 0.658. The number of nitrogens with one attached hydrogen (secondary N) is 1. The van der Waals surface area contributed by atoms with E-state index in [1.54, 1.807) is 12.1 Å². The van der Waals surface area contributed by atoms with Crippen molar-refractivity contribution in [2.24, 2.45) is 0 Å². The number of para-hydroxylation sites is 1. The zero-order valence-electron chi connectivity index (χ0n) is 12.4. The van der Waals surface area contributed by atoms with Crippen LogP contribution in [0.3, 0.4) is 0 Å². The first kappa shape index (κ1) is 15.4. The second kappa shape index (κ2) is 7.11. The summed E-state index contributed by atoms with van der Waals surface area (Å²) in [5.41, 5.74) is 7.36.